The van der Waals surface area contributed by atoms with Gasteiger partial charge in [-0.3, -0.25) is 0 Å². The maximum atomic E-state index is 13.5. The van der Waals surface area contributed by atoms with Gasteiger partial charge in [-0.1, -0.05) is 17.7 Å². The van der Waals surface area contributed by atoms with E-state index in [4.69, 9.17) is 16.7 Å². The Balaban J connectivity index is 2.13. The van der Waals surface area contributed by atoms with Crippen LogP contribution in [0.25, 0.3) is 0 Å². The summed E-state index contributed by atoms with van der Waals surface area (Å²) in [5, 5.41) is 11.9. The molecular weight excluding hydrogens is 288 g/mol. The van der Waals surface area contributed by atoms with E-state index in [9.17, 15) is 13.6 Å². The molecule has 0 atom stereocenters. The third-order valence-corrected chi connectivity index (χ3v) is 2.91. The second kappa shape index (κ2) is 5.88. The standard InChI is InChI=1S/C14H10ClF2NO2/c15-9-2-4-11(16)13(6-9)18-7-8-1-3-10(14(19)20)12(17)5-8/h1-6,18H,7H2,(H,19,20). The van der Waals surface area contributed by atoms with Gasteiger partial charge in [0, 0.05) is 11.6 Å². The first-order chi connectivity index (χ1) is 9.47. The van der Waals surface area contributed by atoms with Crippen LogP contribution < -0.4 is 5.32 Å². The van der Waals surface area contributed by atoms with E-state index in [0.29, 0.717) is 10.6 Å². The van der Waals surface area contributed by atoms with E-state index in [2.05, 4.69) is 5.32 Å². The van der Waals surface area contributed by atoms with Crippen molar-refractivity contribution in [2.24, 2.45) is 0 Å². The quantitative estimate of drug-likeness (QED) is 0.899. The average Bonchev–Trinajstić information content (AvgIpc) is 2.39. The molecule has 0 spiro atoms. The van der Waals surface area contributed by atoms with Crippen LogP contribution in [0.2, 0.25) is 5.02 Å². The van der Waals surface area contributed by atoms with E-state index in [-0.39, 0.29) is 12.2 Å². The molecule has 6 heteroatoms. The van der Waals surface area contributed by atoms with Crippen molar-refractivity contribution in [1.82, 2.24) is 0 Å². The number of carboxylic acids is 1. The highest BCUT2D eigenvalue weighted by Gasteiger charge is 2.10. The van der Waals surface area contributed by atoms with Crippen molar-refractivity contribution in [1.29, 1.82) is 0 Å². The van der Waals surface area contributed by atoms with E-state index in [0.717, 1.165) is 6.07 Å². The lowest BCUT2D eigenvalue weighted by Gasteiger charge is -2.09. The van der Waals surface area contributed by atoms with Gasteiger partial charge in [-0.2, -0.15) is 0 Å². The van der Waals surface area contributed by atoms with Crippen molar-refractivity contribution in [3.8, 4) is 0 Å². The molecule has 3 nitrogen and oxygen atoms in total. The fraction of sp³-hybridized carbons (Fsp3) is 0.0714. The predicted octanol–water partition coefficient (Wildman–Crippen LogP) is 3.93. The van der Waals surface area contributed by atoms with Crippen LogP contribution in [0.3, 0.4) is 0 Å². The van der Waals surface area contributed by atoms with E-state index in [1.165, 1.54) is 30.3 Å². The largest absolute Gasteiger partial charge is 0.478 e. The second-order valence-corrected chi connectivity index (χ2v) is 4.53. The number of carboxylic acid groups (broad SMARTS) is 1. The molecule has 2 rings (SSSR count). The molecule has 0 aliphatic carbocycles. The van der Waals surface area contributed by atoms with E-state index >= 15 is 0 Å². The number of aromatic carboxylic acids is 1. The summed E-state index contributed by atoms with van der Waals surface area (Å²) in [7, 11) is 0. The molecule has 2 aromatic carbocycles. The first kappa shape index (κ1) is 14.3. The molecule has 20 heavy (non-hydrogen) atoms. The highest BCUT2D eigenvalue weighted by Crippen LogP contribution is 2.20. The Morgan fingerprint density at radius 3 is 2.55 bits per heavy atom. The summed E-state index contributed by atoms with van der Waals surface area (Å²) in [6.45, 7) is 0.147. The molecule has 0 unspecified atom stereocenters. The smallest absolute Gasteiger partial charge is 0.338 e. The maximum absolute atomic E-state index is 13.5. The van der Waals surface area contributed by atoms with Gasteiger partial charge in [0.1, 0.15) is 11.6 Å². The van der Waals surface area contributed by atoms with Gasteiger partial charge in [0.25, 0.3) is 0 Å². The van der Waals surface area contributed by atoms with Gasteiger partial charge < -0.3 is 10.4 Å². The van der Waals surface area contributed by atoms with Crippen LogP contribution in [-0.4, -0.2) is 11.1 Å². The first-order valence-corrected chi connectivity index (χ1v) is 6.06. The molecule has 0 saturated heterocycles. The predicted molar refractivity (Wildman–Crippen MR) is 72.1 cm³/mol. The van der Waals surface area contributed by atoms with Gasteiger partial charge in [0.2, 0.25) is 0 Å². The molecule has 0 saturated carbocycles. The first-order valence-electron chi connectivity index (χ1n) is 5.68. The molecule has 0 heterocycles. The van der Waals surface area contributed by atoms with Crippen molar-refractivity contribution in [3.05, 3.63) is 64.2 Å². The third kappa shape index (κ3) is 3.24. The summed E-state index contributed by atoms with van der Waals surface area (Å²) < 4.78 is 26.9. The van der Waals surface area contributed by atoms with E-state index in [1.807, 2.05) is 0 Å². The SMILES string of the molecule is O=C(O)c1ccc(CNc2cc(Cl)ccc2F)cc1F. The number of nitrogens with one attached hydrogen (secondary N) is 1. The van der Waals surface area contributed by atoms with Gasteiger partial charge in [-0.05, 0) is 35.9 Å². The molecule has 2 N–H and O–H groups in total. The van der Waals surface area contributed by atoms with Crippen LogP contribution in [0.5, 0.6) is 0 Å². The minimum atomic E-state index is -1.33. The zero-order chi connectivity index (χ0) is 14.7. The van der Waals surface area contributed by atoms with Crippen molar-refractivity contribution >= 4 is 23.3 Å². The summed E-state index contributed by atoms with van der Waals surface area (Å²) in [6.07, 6.45) is 0. The van der Waals surface area contributed by atoms with Crippen LogP contribution in [0.4, 0.5) is 14.5 Å². The zero-order valence-electron chi connectivity index (χ0n) is 10.2. The number of hydrogen-bond donors (Lipinski definition) is 2. The molecule has 0 aliphatic rings. The molecule has 0 aliphatic heterocycles. The van der Waals surface area contributed by atoms with E-state index < -0.39 is 23.2 Å². The van der Waals surface area contributed by atoms with E-state index in [1.54, 1.807) is 0 Å². The van der Waals surface area contributed by atoms with Crippen molar-refractivity contribution < 1.29 is 18.7 Å². The molecule has 104 valence electrons. The lowest BCUT2D eigenvalue weighted by atomic mass is 10.1. The number of benzene rings is 2. The molecule has 0 bridgehead atoms. The lowest BCUT2D eigenvalue weighted by Crippen LogP contribution is -2.05. The minimum Gasteiger partial charge on any atom is -0.478 e. The topological polar surface area (TPSA) is 49.3 Å². The van der Waals surface area contributed by atoms with Gasteiger partial charge in [-0.15, -0.1) is 0 Å². The normalized spacial score (nSPS) is 10.3. The Bertz CT molecular complexity index is 662. The summed E-state index contributed by atoms with van der Waals surface area (Å²) >= 11 is 5.75. The fourth-order valence-electron chi connectivity index (χ4n) is 1.67. The highest BCUT2D eigenvalue weighted by molar-refractivity contribution is 6.30. The molecule has 0 fully saturated rings. The third-order valence-electron chi connectivity index (χ3n) is 2.68. The monoisotopic (exact) mass is 297 g/mol. The average molecular weight is 298 g/mol. The number of anilines is 1. The van der Waals surface area contributed by atoms with Gasteiger partial charge in [-0.25, -0.2) is 13.6 Å². The van der Waals surface area contributed by atoms with Gasteiger partial charge >= 0.3 is 5.97 Å². The Labute approximate surface area is 118 Å². The second-order valence-electron chi connectivity index (χ2n) is 4.10. The van der Waals surface area contributed by atoms with Crippen molar-refractivity contribution in [2.75, 3.05) is 5.32 Å². The molecule has 0 aromatic heterocycles. The molecule has 0 radical (unpaired) electrons. The van der Waals surface area contributed by atoms with Crippen LogP contribution in [0.15, 0.2) is 36.4 Å². The molecule has 2 aromatic rings. The summed E-state index contributed by atoms with van der Waals surface area (Å²) in [6, 6.07) is 7.78. The van der Waals surface area contributed by atoms with Crippen LogP contribution in [0.1, 0.15) is 15.9 Å². The van der Waals surface area contributed by atoms with Crippen molar-refractivity contribution in [3.63, 3.8) is 0 Å². The zero-order valence-corrected chi connectivity index (χ0v) is 10.9. The summed E-state index contributed by atoms with van der Waals surface area (Å²) in [5.74, 6) is -2.64. The number of hydrogen-bond acceptors (Lipinski definition) is 2. The number of rotatable bonds is 4. The Hall–Kier alpha value is -2.14. The molecule has 0 amide bonds. The van der Waals surface area contributed by atoms with Crippen LogP contribution >= 0.6 is 11.6 Å². The number of carbonyl (C=O) groups is 1. The van der Waals surface area contributed by atoms with Crippen LogP contribution in [0, 0.1) is 11.6 Å². The minimum absolute atomic E-state index is 0.147. The summed E-state index contributed by atoms with van der Waals surface area (Å²) in [5.41, 5.74) is 0.287. The Morgan fingerprint density at radius 2 is 1.90 bits per heavy atom. The van der Waals surface area contributed by atoms with Crippen molar-refractivity contribution in [2.45, 2.75) is 6.54 Å². The Morgan fingerprint density at radius 1 is 1.15 bits per heavy atom. The number of halogens is 3. The fourth-order valence-corrected chi connectivity index (χ4v) is 1.84. The highest BCUT2D eigenvalue weighted by atomic mass is 35.5. The maximum Gasteiger partial charge on any atom is 0.338 e. The molecular formula is C14H10ClF2NO2. The van der Waals surface area contributed by atoms with Gasteiger partial charge in [0.05, 0.1) is 11.3 Å². The van der Waals surface area contributed by atoms with Crippen LogP contribution in [-0.2, 0) is 6.54 Å². The lowest BCUT2D eigenvalue weighted by molar-refractivity contribution is 0.0692. The Kier molecular flexibility index (Phi) is 4.20. The summed E-state index contributed by atoms with van der Waals surface area (Å²) in [4.78, 5) is 10.7. The van der Waals surface area contributed by atoms with Gasteiger partial charge in [0.15, 0.2) is 0 Å².